The number of carbonyl (C=O) groups excluding carboxylic acids is 1. The van der Waals surface area contributed by atoms with Gasteiger partial charge in [-0.1, -0.05) is 12.1 Å². The molecule has 0 aliphatic rings. The van der Waals surface area contributed by atoms with Gasteiger partial charge in [-0.3, -0.25) is 9.78 Å². The van der Waals surface area contributed by atoms with Crippen LogP contribution in [0.15, 0.2) is 47.2 Å². The molecule has 0 N–H and O–H groups in total. The molecule has 1 aromatic carbocycles. The van der Waals surface area contributed by atoms with Crippen LogP contribution in [-0.4, -0.2) is 10.8 Å². The number of nitrogens with zero attached hydrogens (tertiary/aromatic N) is 1. The van der Waals surface area contributed by atoms with Gasteiger partial charge < -0.3 is 4.74 Å². The van der Waals surface area contributed by atoms with E-state index in [-0.39, 0.29) is 5.78 Å². The average Bonchev–Trinajstić information content (AvgIpc) is 2.29. The van der Waals surface area contributed by atoms with Gasteiger partial charge in [-0.25, -0.2) is 0 Å². The van der Waals surface area contributed by atoms with Crippen LogP contribution in [0.4, 0.5) is 0 Å². The standard InChI is InChI=1S/C13H10BrNO2/c1-9(16)12-4-2-3-5-13(12)17-11-6-10(14)7-15-8-11/h2-8H,1H3. The largest absolute Gasteiger partial charge is 0.455 e. The number of carbonyl (C=O) groups is 1. The van der Waals surface area contributed by atoms with Crippen molar-refractivity contribution in [3.63, 3.8) is 0 Å². The predicted octanol–water partition coefficient (Wildman–Crippen LogP) is 3.84. The molecule has 0 aliphatic heterocycles. The third kappa shape index (κ3) is 2.91. The average molecular weight is 292 g/mol. The highest BCUT2D eigenvalue weighted by molar-refractivity contribution is 9.10. The Morgan fingerprint density at radius 1 is 1.29 bits per heavy atom. The molecule has 0 bridgehead atoms. The highest BCUT2D eigenvalue weighted by atomic mass is 79.9. The van der Waals surface area contributed by atoms with Gasteiger partial charge in [0.15, 0.2) is 5.78 Å². The van der Waals surface area contributed by atoms with Crippen molar-refractivity contribution in [1.29, 1.82) is 0 Å². The number of hydrogen-bond donors (Lipinski definition) is 0. The van der Waals surface area contributed by atoms with E-state index in [9.17, 15) is 4.79 Å². The van der Waals surface area contributed by atoms with E-state index in [1.54, 1.807) is 30.6 Å². The van der Waals surface area contributed by atoms with E-state index < -0.39 is 0 Å². The van der Waals surface area contributed by atoms with E-state index in [4.69, 9.17) is 4.74 Å². The van der Waals surface area contributed by atoms with Gasteiger partial charge in [0.05, 0.1) is 11.8 Å². The number of hydrogen-bond acceptors (Lipinski definition) is 3. The maximum atomic E-state index is 11.4. The van der Waals surface area contributed by atoms with Gasteiger partial charge in [0.1, 0.15) is 11.5 Å². The summed E-state index contributed by atoms with van der Waals surface area (Å²) in [5.41, 5.74) is 0.562. The first-order valence-corrected chi connectivity index (χ1v) is 5.84. The smallest absolute Gasteiger partial charge is 0.163 e. The number of Topliss-reactive ketones (excluding diaryl/α,β-unsaturated/α-hetero) is 1. The molecule has 0 amide bonds. The Hall–Kier alpha value is -1.68. The fraction of sp³-hybridized carbons (Fsp3) is 0.0769. The van der Waals surface area contributed by atoms with Crippen molar-refractivity contribution in [3.8, 4) is 11.5 Å². The second kappa shape index (κ2) is 5.10. The summed E-state index contributed by atoms with van der Waals surface area (Å²) in [4.78, 5) is 15.4. The summed E-state index contributed by atoms with van der Waals surface area (Å²) >= 11 is 3.31. The van der Waals surface area contributed by atoms with Gasteiger partial charge >= 0.3 is 0 Å². The predicted molar refractivity (Wildman–Crippen MR) is 68.5 cm³/mol. The van der Waals surface area contributed by atoms with Crippen molar-refractivity contribution in [2.75, 3.05) is 0 Å². The highest BCUT2D eigenvalue weighted by Crippen LogP contribution is 2.26. The van der Waals surface area contributed by atoms with Gasteiger partial charge in [0.2, 0.25) is 0 Å². The lowest BCUT2D eigenvalue weighted by Gasteiger charge is -2.08. The van der Waals surface area contributed by atoms with E-state index in [2.05, 4.69) is 20.9 Å². The fourth-order valence-corrected chi connectivity index (χ4v) is 1.77. The summed E-state index contributed by atoms with van der Waals surface area (Å²) in [7, 11) is 0. The first-order valence-electron chi connectivity index (χ1n) is 5.05. The van der Waals surface area contributed by atoms with Crippen LogP contribution in [0.1, 0.15) is 17.3 Å². The van der Waals surface area contributed by atoms with Gasteiger partial charge in [0.25, 0.3) is 0 Å². The third-order valence-corrected chi connectivity index (χ3v) is 2.61. The minimum absolute atomic E-state index is 0.0245. The molecule has 0 atom stereocenters. The van der Waals surface area contributed by atoms with Crippen molar-refractivity contribution >= 4 is 21.7 Å². The quantitative estimate of drug-likeness (QED) is 0.807. The van der Waals surface area contributed by atoms with E-state index in [0.717, 1.165) is 4.47 Å². The third-order valence-electron chi connectivity index (χ3n) is 2.17. The summed E-state index contributed by atoms with van der Waals surface area (Å²) in [6, 6.07) is 8.93. The van der Waals surface area contributed by atoms with Crippen molar-refractivity contribution in [1.82, 2.24) is 4.98 Å². The second-order valence-electron chi connectivity index (χ2n) is 3.49. The van der Waals surface area contributed by atoms with Crippen LogP contribution >= 0.6 is 15.9 Å². The summed E-state index contributed by atoms with van der Waals surface area (Å²) in [5.74, 6) is 1.11. The van der Waals surface area contributed by atoms with Crippen LogP contribution in [0.5, 0.6) is 11.5 Å². The lowest BCUT2D eigenvalue weighted by Crippen LogP contribution is -1.96. The number of ketones is 1. The van der Waals surface area contributed by atoms with Crippen LogP contribution in [0, 0.1) is 0 Å². The summed E-state index contributed by atoms with van der Waals surface area (Å²) in [5, 5.41) is 0. The van der Waals surface area contributed by atoms with Crippen molar-refractivity contribution in [2.24, 2.45) is 0 Å². The normalized spacial score (nSPS) is 10.0. The van der Waals surface area contributed by atoms with Gasteiger partial charge in [0, 0.05) is 10.7 Å². The SMILES string of the molecule is CC(=O)c1ccccc1Oc1cncc(Br)c1. The van der Waals surface area contributed by atoms with Crippen molar-refractivity contribution < 1.29 is 9.53 Å². The molecule has 86 valence electrons. The van der Waals surface area contributed by atoms with Gasteiger partial charge in [-0.15, -0.1) is 0 Å². The number of aromatic nitrogens is 1. The molecule has 2 rings (SSSR count). The first kappa shape index (κ1) is 11.8. The number of benzene rings is 1. The van der Waals surface area contributed by atoms with Crippen LogP contribution < -0.4 is 4.74 Å². The molecule has 1 heterocycles. The van der Waals surface area contributed by atoms with Crippen LogP contribution in [0.25, 0.3) is 0 Å². The zero-order chi connectivity index (χ0) is 12.3. The molecule has 0 aliphatic carbocycles. The number of para-hydroxylation sites is 1. The summed E-state index contributed by atoms with van der Waals surface area (Å²) in [6.07, 6.45) is 3.27. The molecule has 0 unspecified atom stereocenters. The second-order valence-corrected chi connectivity index (χ2v) is 4.41. The zero-order valence-electron chi connectivity index (χ0n) is 9.18. The zero-order valence-corrected chi connectivity index (χ0v) is 10.8. The first-order chi connectivity index (χ1) is 8.16. The molecule has 2 aromatic rings. The Balaban J connectivity index is 2.33. The van der Waals surface area contributed by atoms with Crippen LogP contribution in [0.2, 0.25) is 0 Å². The molecule has 17 heavy (non-hydrogen) atoms. The summed E-state index contributed by atoms with van der Waals surface area (Å²) in [6.45, 7) is 1.52. The molecule has 4 heteroatoms. The molecule has 0 fully saturated rings. The molecule has 3 nitrogen and oxygen atoms in total. The molecule has 0 saturated carbocycles. The monoisotopic (exact) mass is 291 g/mol. The van der Waals surface area contributed by atoms with Gasteiger partial charge in [-0.05, 0) is 41.1 Å². The maximum Gasteiger partial charge on any atom is 0.163 e. The number of pyridine rings is 1. The molecular formula is C13H10BrNO2. The Morgan fingerprint density at radius 2 is 2.06 bits per heavy atom. The Kier molecular flexibility index (Phi) is 3.54. The van der Waals surface area contributed by atoms with Gasteiger partial charge in [-0.2, -0.15) is 0 Å². The van der Waals surface area contributed by atoms with Crippen molar-refractivity contribution in [2.45, 2.75) is 6.92 Å². The van der Waals surface area contributed by atoms with E-state index >= 15 is 0 Å². The molecular weight excluding hydrogens is 282 g/mol. The highest BCUT2D eigenvalue weighted by Gasteiger charge is 2.08. The number of rotatable bonds is 3. The van der Waals surface area contributed by atoms with E-state index in [1.807, 2.05) is 12.1 Å². The van der Waals surface area contributed by atoms with Crippen molar-refractivity contribution in [3.05, 3.63) is 52.8 Å². The Morgan fingerprint density at radius 3 is 2.76 bits per heavy atom. The molecule has 0 spiro atoms. The lowest BCUT2D eigenvalue weighted by molar-refractivity contribution is 0.101. The van der Waals surface area contributed by atoms with Crippen LogP contribution in [-0.2, 0) is 0 Å². The fourth-order valence-electron chi connectivity index (χ4n) is 1.42. The number of ether oxygens (including phenoxy) is 1. The minimum Gasteiger partial charge on any atom is -0.455 e. The minimum atomic E-state index is -0.0245. The lowest BCUT2D eigenvalue weighted by atomic mass is 10.1. The maximum absolute atomic E-state index is 11.4. The van der Waals surface area contributed by atoms with E-state index in [1.165, 1.54) is 6.92 Å². The van der Waals surface area contributed by atoms with Crippen LogP contribution in [0.3, 0.4) is 0 Å². The molecule has 0 radical (unpaired) electrons. The van der Waals surface area contributed by atoms with E-state index in [0.29, 0.717) is 17.1 Å². The summed E-state index contributed by atoms with van der Waals surface area (Å²) < 4.78 is 6.47. The Bertz CT molecular complexity index is 555. The topological polar surface area (TPSA) is 39.2 Å². The Labute approximate surface area is 108 Å². The molecule has 1 aromatic heterocycles. The number of halogens is 1. The molecule has 0 saturated heterocycles.